The molecule has 0 bridgehead atoms. The first-order valence-electron chi connectivity index (χ1n) is 8.58. The van der Waals surface area contributed by atoms with Crippen LogP contribution in [0.4, 0.5) is 0 Å². The van der Waals surface area contributed by atoms with Gasteiger partial charge in [-0.1, -0.05) is 42.0 Å². The maximum absolute atomic E-state index is 12.1. The minimum atomic E-state index is -0.0430. The number of ether oxygens (including phenoxy) is 1. The molecule has 0 aliphatic heterocycles. The zero-order chi connectivity index (χ0) is 18.4. The number of carbonyl (C=O) groups excluding carboxylic acids is 1. The third-order valence-corrected chi connectivity index (χ3v) is 4.81. The first-order chi connectivity index (χ1) is 12.6. The third kappa shape index (κ3) is 5.17. The molecule has 0 atom stereocenters. The predicted molar refractivity (Wildman–Crippen MR) is 106 cm³/mol. The molecule has 0 saturated heterocycles. The van der Waals surface area contributed by atoms with Crippen molar-refractivity contribution in [3.05, 3.63) is 70.7 Å². The number of carbonyl (C=O) groups is 1. The maximum Gasteiger partial charge on any atom is 0.226 e. The molecule has 0 fully saturated rings. The summed E-state index contributed by atoms with van der Waals surface area (Å²) in [5, 5.41) is 5.76. The second-order valence-electron chi connectivity index (χ2n) is 6.20. The van der Waals surface area contributed by atoms with Crippen LogP contribution in [0.2, 0.25) is 0 Å². The number of hydrogen-bond acceptors (Lipinski definition) is 4. The van der Waals surface area contributed by atoms with Gasteiger partial charge >= 0.3 is 0 Å². The molecule has 5 heteroatoms. The topological polar surface area (TPSA) is 51.2 Å². The number of thiazole rings is 1. The second-order valence-corrected chi connectivity index (χ2v) is 7.06. The number of aryl methyl sites for hydroxylation is 2. The first kappa shape index (κ1) is 18.1. The molecule has 0 radical (unpaired) electrons. The smallest absolute Gasteiger partial charge is 0.226 e. The van der Waals surface area contributed by atoms with Gasteiger partial charge in [-0.25, -0.2) is 4.98 Å². The van der Waals surface area contributed by atoms with E-state index >= 15 is 0 Å². The molecule has 4 nitrogen and oxygen atoms in total. The van der Waals surface area contributed by atoms with Crippen LogP contribution in [0.25, 0.3) is 10.6 Å². The van der Waals surface area contributed by atoms with Crippen molar-refractivity contribution in [3.8, 4) is 16.3 Å². The molecular formula is C21H22N2O2S. The van der Waals surface area contributed by atoms with Crippen molar-refractivity contribution in [2.75, 3.05) is 13.2 Å². The van der Waals surface area contributed by atoms with Crippen LogP contribution in [-0.4, -0.2) is 24.0 Å². The molecule has 0 spiro atoms. The van der Waals surface area contributed by atoms with Gasteiger partial charge in [0.2, 0.25) is 5.91 Å². The fourth-order valence-corrected chi connectivity index (χ4v) is 3.33. The molecule has 0 saturated carbocycles. The minimum Gasteiger partial charge on any atom is -0.492 e. The van der Waals surface area contributed by atoms with E-state index < -0.39 is 0 Å². The summed E-state index contributed by atoms with van der Waals surface area (Å²) in [6.07, 6.45) is 0.285. The molecule has 1 heterocycles. The maximum atomic E-state index is 12.1. The normalized spacial score (nSPS) is 10.5. The Hall–Kier alpha value is -2.66. The van der Waals surface area contributed by atoms with E-state index in [9.17, 15) is 4.79 Å². The van der Waals surface area contributed by atoms with Gasteiger partial charge in [0.25, 0.3) is 0 Å². The molecule has 26 heavy (non-hydrogen) atoms. The SMILES string of the molecule is Cc1ccc(-c2nc(CC(=O)NCCOc3cccc(C)c3)cs2)cc1. The van der Waals surface area contributed by atoms with Crippen LogP contribution in [0.1, 0.15) is 16.8 Å². The summed E-state index contributed by atoms with van der Waals surface area (Å²) in [6, 6.07) is 16.1. The van der Waals surface area contributed by atoms with Crippen molar-refractivity contribution >= 4 is 17.2 Å². The summed E-state index contributed by atoms with van der Waals surface area (Å²) in [7, 11) is 0. The third-order valence-electron chi connectivity index (χ3n) is 3.87. The zero-order valence-electron chi connectivity index (χ0n) is 15.0. The zero-order valence-corrected chi connectivity index (χ0v) is 15.8. The van der Waals surface area contributed by atoms with E-state index in [1.165, 1.54) is 5.56 Å². The van der Waals surface area contributed by atoms with Crippen molar-refractivity contribution in [1.82, 2.24) is 10.3 Å². The molecule has 3 rings (SSSR count). The van der Waals surface area contributed by atoms with Crippen LogP contribution in [0.5, 0.6) is 5.75 Å². The Labute approximate surface area is 157 Å². The lowest BCUT2D eigenvalue weighted by Crippen LogP contribution is -2.29. The number of hydrogen-bond donors (Lipinski definition) is 1. The van der Waals surface area contributed by atoms with Crippen molar-refractivity contribution in [2.45, 2.75) is 20.3 Å². The average molecular weight is 366 g/mol. The summed E-state index contributed by atoms with van der Waals surface area (Å²) in [5.41, 5.74) is 4.25. The standard InChI is InChI=1S/C21H22N2O2S/c1-15-6-8-17(9-7-15)21-23-18(14-26-21)13-20(24)22-10-11-25-19-5-3-4-16(2)12-19/h3-9,12,14H,10-11,13H2,1-2H3,(H,22,24). The van der Waals surface area contributed by atoms with Gasteiger partial charge in [-0.05, 0) is 31.5 Å². The van der Waals surface area contributed by atoms with Crippen molar-refractivity contribution in [2.24, 2.45) is 0 Å². The number of aromatic nitrogens is 1. The monoisotopic (exact) mass is 366 g/mol. The van der Waals surface area contributed by atoms with E-state index in [-0.39, 0.29) is 12.3 Å². The molecule has 1 amide bonds. The van der Waals surface area contributed by atoms with Crippen LogP contribution < -0.4 is 10.1 Å². The Morgan fingerprint density at radius 1 is 1.12 bits per heavy atom. The van der Waals surface area contributed by atoms with Gasteiger partial charge in [-0.2, -0.15) is 0 Å². The second kappa shape index (κ2) is 8.63. The molecule has 1 aromatic heterocycles. The Bertz CT molecular complexity index is 872. The van der Waals surface area contributed by atoms with Gasteiger partial charge in [0.15, 0.2) is 0 Å². The Balaban J connectivity index is 1.44. The molecule has 134 valence electrons. The highest BCUT2D eigenvalue weighted by Crippen LogP contribution is 2.24. The number of nitrogens with zero attached hydrogens (tertiary/aromatic N) is 1. The number of benzene rings is 2. The molecule has 3 aromatic rings. The molecule has 2 aromatic carbocycles. The quantitative estimate of drug-likeness (QED) is 0.639. The number of rotatable bonds is 7. The summed E-state index contributed by atoms with van der Waals surface area (Å²) >= 11 is 1.56. The molecular weight excluding hydrogens is 344 g/mol. The average Bonchev–Trinajstić information content (AvgIpc) is 3.08. The lowest BCUT2D eigenvalue weighted by Gasteiger charge is -2.07. The lowest BCUT2D eigenvalue weighted by molar-refractivity contribution is -0.120. The van der Waals surface area contributed by atoms with Crippen molar-refractivity contribution in [3.63, 3.8) is 0 Å². The van der Waals surface area contributed by atoms with Crippen molar-refractivity contribution in [1.29, 1.82) is 0 Å². The number of nitrogens with one attached hydrogen (secondary N) is 1. The molecule has 1 N–H and O–H groups in total. The summed E-state index contributed by atoms with van der Waals surface area (Å²) in [6.45, 7) is 5.00. The van der Waals surface area contributed by atoms with Crippen LogP contribution >= 0.6 is 11.3 Å². The summed E-state index contributed by atoms with van der Waals surface area (Å²) in [4.78, 5) is 16.6. The molecule has 0 aliphatic carbocycles. The minimum absolute atomic E-state index is 0.0430. The van der Waals surface area contributed by atoms with Crippen LogP contribution in [0, 0.1) is 13.8 Å². The summed E-state index contributed by atoms with van der Waals surface area (Å²) in [5.74, 6) is 0.778. The first-order valence-corrected chi connectivity index (χ1v) is 9.46. The molecule has 0 aliphatic rings. The van der Waals surface area contributed by atoms with Crippen molar-refractivity contribution < 1.29 is 9.53 Å². The van der Waals surface area contributed by atoms with Gasteiger partial charge < -0.3 is 10.1 Å². The Morgan fingerprint density at radius 3 is 2.69 bits per heavy atom. The van der Waals surface area contributed by atoms with Gasteiger partial charge in [0, 0.05) is 10.9 Å². The van der Waals surface area contributed by atoms with Crippen LogP contribution in [0.15, 0.2) is 53.9 Å². The highest BCUT2D eigenvalue weighted by Gasteiger charge is 2.09. The Kier molecular flexibility index (Phi) is 6.02. The largest absolute Gasteiger partial charge is 0.492 e. The van der Waals surface area contributed by atoms with E-state index in [0.717, 1.165) is 27.6 Å². The van der Waals surface area contributed by atoms with E-state index in [2.05, 4.69) is 41.5 Å². The van der Waals surface area contributed by atoms with Gasteiger partial charge in [0.05, 0.1) is 18.7 Å². The Morgan fingerprint density at radius 2 is 1.92 bits per heavy atom. The van der Waals surface area contributed by atoms with E-state index in [1.54, 1.807) is 11.3 Å². The fourth-order valence-electron chi connectivity index (χ4n) is 2.51. The highest BCUT2D eigenvalue weighted by molar-refractivity contribution is 7.13. The number of amides is 1. The molecule has 0 unspecified atom stereocenters. The van der Waals surface area contributed by atoms with E-state index in [0.29, 0.717) is 13.2 Å². The summed E-state index contributed by atoms with van der Waals surface area (Å²) < 4.78 is 5.63. The van der Waals surface area contributed by atoms with Gasteiger partial charge in [-0.3, -0.25) is 4.79 Å². The van der Waals surface area contributed by atoms with E-state index in [1.807, 2.05) is 36.6 Å². The van der Waals surface area contributed by atoms with Gasteiger partial charge in [-0.15, -0.1) is 11.3 Å². The lowest BCUT2D eigenvalue weighted by atomic mass is 10.2. The van der Waals surface area contributed by atoms with E-state index in [4.69, 9.17) is 4.74 Å². The van der Waals surface area contributed by atoms with Crippen LogP contribution in [-0.2, 0) is 11.2 Å². The van der Waals surface area contributed by atoms with Gasteiger partial charge in [0.1, 0.15) is 17.4 Å². The highest BCUT2D eigenvalue weighted by atomic mass is 32.1. The van der Waals surface area contributed by atoms with Crippen LogP contribution in [0.3, 0.4) is 0 Å². The fraction of sp³-hybridized carbons (Fsp3) is 0.238. The predicted octanol–water partition coefficient (Wildman–Crippen LogP) is 4.16.